The first-order valence-electron chi connectivity index (χ1n) is 5.06. The van der Waals surface area contributed by atoms with Crippen LogP contribution < -0.4 is 0 Å². The lowest BCUT2D eigenvalue weighted by atomic mass is 9.98. The molecule has 1 fully saturated rings. The van der Waals surface area contributed by atoms with Gasteiger partial charge in [0.1, 0.15) is 0 Å². The second kappa shape index (κ2) is 4.45. The number of hydrogen-bond donors (Lipinski definition) is 0. The largest absolute Gasteiger partial charge is 0.381 e. The van der Waals surface area contributed by atoms with Crippen LogP contribution >= 0.6 is 15.9 Å². The predicted molar refractivity (Wildman–Crippen MR) is 61.8 cm³/mol. The van der Waals surface area contributed by atoms with Crippen molar-refractivity contribution in [2.24, 2.45) is 5.92 Å². The van der Waals surface area contributed by atoms with Gasteiger partial charge in [0.15, 0.2) is 0 Å². The topological polar surface area (TPSA) is 9.23 Å². The Kier molecular flexibility index (Phi) is 3.24. The zero-order valence-electron chi connectivity index (χ0n) is 8.37. The Hall–Kier alpha value is -0.340. The molecular weight excluding hydrogens is 240 g/mol. The minimum atomic E-state index is 0.450. The third-order valence-corrected chi connectivity index (χ3v) is 4.05. The molecule has 1 aliphatic heterocycles. The molecule has 2 heteroatoms. The van der Waals surface area contributed by atoms with Crippen LogP contribution in [0.5, 0.6) is 0 Å². The van der Waals surface area contributed by atoms with Crippen LogP contribution in [0.3, 0.4) is 0 Å². The summed E-state index contributed by atoms with van der Waals surface area (Å²) in [6.07, 6.45) is 1.17. The lowest BCUT2D eigenvalue weighted by molar-refractivity contribution is 0.185. The normalized spacial score (nSPS) is 23.7. The van der Waals surface area contributed by atoms with E-state index in [9.17, 15) is 0 Å². The highest BCUT2D eigenvalue weighted by molar-refractivity contribution is 9.09. The van der Waals surface area contributed by atoms with E-state index in [0.717, 1.165) is 13.2 Å². The molecule has 14 heavy (non-hydrogen) atoms. The second-order valence-electron chi connectivity index (χ2n) is 3.94. The van der Waals surface area contributed by atoms with E-state index in [1.807, 2.05) is 0 Å². The number of halogens is 1. The van der Waals surface area contributed by atoms with Crippen molar-refractivity contribution in [3.63, 3.8) is 0 Å². The Morgan fingerprint density at radius 1 is 1.36 bits per heavy atom. The van der Waals surface area contributed by atoms with Gasteiger partial charge in [-0.25, -0.2) is 0 Å². The zero-order chi connectivity index (χ0) is 9.97. The van der Waals surface area contributed by atoms with Crippen molar-refractivity contribution < 1.29 is 4.74 Å². The first-order valence-corrected chi connectivity index (χ1v) is 5.97. The molecule has 1 heterocycles. The Morgan fingerprint density at radius 3 is 2.64 bits per heavy atom. The van der Waals surface area contributed by atoms with Crippen LogP contribution in [0.1, 0.15) is 22.4 Å². The molecular formula is C12H15BrO. The molecule has 0 saturated carbocycles. The number of benzene rings is 1. The Morgan fingerprint density at radius 2 is 2.07 bits per heavy atom. The highest BCUT2D eigenvalue weighted by Gasteiger charge is 2.24. The molecule has 0 bridgehead atoms. The van der Waals surface area contributed by atoms with Crippen molar-refractivity contribution in [2.75, 3.05) is 13.2 Å². The highest BCUT2D eigenvalue weighted by Crippen LogP contribution is 2.35. The van der Waals surface area contributed by atoms with E-state index in [1.165, 1.54) is 17.5 Å². The molecule has 0 spiro atoms. The number of hydrogen-bond acceptors (Lipinski definition) is 1. The fraction of sp³-hybridized carbons (Fsp3) is 0.500. The standard InChI is InChI=1S/C12H15BrO/c1-9-2-4-10(5-3-9)12(13)11-6-7-14-8-11/h2-5,11-12H,6-8H2,1H3. The van der Waals surface area contributed by atoms with Crippen molar-refractivity contribution in [1.29, 1.82) is 0 Å². The van der Waals surface area contributed by atoms with Crippen molar-refractivity contribution >= 4 is 15.9 Å². The van der Waals surface area contributed by atoms with Crippen molar-refractivity contribution in [3.8, 4) is 0 Å². The molecule has 0 amide bonds. The smallest absolute Gasteiger partial charge is 0.0509 e. The van der Waals surface area contributed by atoms with E-state index >= 15 is 0 Å². The third-order valence-electron chi connectivity index (χ3n) is 2.77. The van der Waals surface area contributed by atoms with Gasteiger partial charge in [0.25, 0.3) is 0 Å². The van der Waals surface area contributed by atoms with E-state index in [4.69, 9.17) is 4.74 Å². The second-order valence-corrected chi connectivity index (χ2v) is 4.92. The lowest BCUT2D eigenvalue weighted by Gasteiger charge is -2.16. The molecule has 1 saturated heterocycles. The van der Waals surface area contributed by atoms with E-state index in [-0.39, 0.29) is 0 Å². The molecule has 2 unspecified atom stereocenters. The Labute approximate surface area is 93.6 Å². The van der Waals surface area contributed by atoms with E-state index in [1.54, 1.807) is 0 Å². The molecule has 0 aliphatic carbocycles. The molecule has 1 aromatic carbocycles. The molecule has 0 aromatic heterocycles. The van der Waals surface area contributed by atoms with Gasteiger partial charge in [0.2, 0.25) is 0 Å². The summed E-state index contributed by atoms with van der Waals surface area (Å²) in [5, 5.41) is 0. The van der Waals surface area contributed by atoms with Gasteiger partial charge in [-0.3, -0.25) is 0 Å². The van der Waals surface area contributed by atoms with E-state index < -0.39 is 0 Å². The molecule has 1 aromatic rings. The van der Waals surface area contributed by atoms with Gasteiger partial charge in [-0.1, -0.05) is 45.8 Å². The van der Waals surface area contributed by atoms with E-state index in [2.05, 4.69) is 47.1 Å². The third kappa shape index (κ3) is 2.18. The van der Waals surface area contributed by atoms with Crippen LogP contribution in [0.4, 0.5) is 0 Å². The van der Waals surface area contributed by atoms with E-state index in [0.29, 0.717) is 10.7 Å². The zero-order valence-corrected chi connectivity index (χ0v) is 9.96. The monoisotopic (exact) mass is 254 g/mol. The maximum Gasteiger partial charge on any atom is 0.0509 e. The Balaban J connectivity index is 2.09. The summed E-state index contributed by atoms with van der Waals surface area (Å²) in [5.74, 6) is 0.637. The maximum atomic E-state index is 5.39. The van der Waals surface area contributed by atoms with Crippen LogP contribution in [0.15, 0.2) is 24.3 Å². The molecule has 1 nitrogen and oxygen atoms in total. The van der Waals surface area contributed by atoms with Gasteiger partial charge >= 0.3 is 0 Å². The summed E-state index contributed by atoms with van der Waals surface area (Å²) in [4.78, 5) is 0.450. The fourth-order valence-electron chi connectivity index (χ4n) is 1.81. The fourth-order valence-corrected chi connectivity index (χ4v) is 2.53. The summed E-state index contributed by atoms with van der Waals surface area (Å²) >= 11 is 3.76. The average Bonchev–Trinajstić information content (AvgIpc) is 2.71. The van der Waals surface area contributed by atoms with Crippen LogP contribution in [0.2, 0.25) is 0 Å². The number of alkyl halides is 1. The van der Waals surface area contributed by atoms with Crippen LogP contribution in [-0.4, -0.2) is 13.2 Å². The van der Waals surface area contributed by atoms with Crippen LogP contribution in [-0.2, 0) is 4.74 Å². The van der Waals surface area contributed by atoms with Gasteiger partial charge in [-0.2, -0.15) is 0 Å². The predicted octanol–water partition coefficient (Wildman–Crippen LogP) is 3.47. The highest BCUT2D eigenvalue weighted by atomic mass is 79.9. The van der Waals surface area contributed by atoms with Gasteiger partial charge in [-0.15, -0.1) is 0 Å². The molecule has 0 radical (unpaired) electrons. The van der Waals surface area contributed by atoms with Gasteiger partial charge < -0.3 is 4.74 Å². The quantitative estimate of drug-likeness (QED) is 0.735. The molecule has 0 N–H and O–H groups in total. The number of aryl methyl sites for hydroxylation is 1. The summed E-state index contributed by atoms with van der Waals surface area (Å²) in [6, 6.07) is 8.74. The van der Waals surface area contributed by atoms with Crippen molar-refractivity contribution in [1.82, 2.24) is 0 Å². The summed E-state index contributed by atoms with van der Waals surface area (Å²) in [7, 11) is 0. The van der Waals surface area contributed by atoms with Gasteiger partial charge in [-0.05, 0) is 18.9 Å². The molecule has 2 atom stereocenters. The Bertz CT molecular complexity index is 288. The molecule has 1 aliphatic rings. The lowest BCUT2D eigenvalue weighted by Crippen LogP contribution is -2.06. The van der Waals surface area contributed by atoms with Crippen LogP contribution in [0, 0.1) is 12.8 Å². The first kappa shape index (κ1) is 10.2. The van der Waals surface area contributed by atoms with Gasteiger partial charge in [0.05, 0.1) is 6.61 Å². The summed E-state index contributed by atoms with van der Waals surface area (Å²) in [6.45, 7) is 3.92. The minimum absolute atomic E-state index is 0.450. The average molecular weight is 255 g/mol. The summed E-state index contributed by atoms with van der Waals surface area (Å²) in [5.41, 5.74) is 2.68. The number of ether oxygens (including phenoxy) is 1. The van der Waals surface area contributed by atoms with Crippen LogP contribution in [0.25, 0.3) is 0 Å². The SMILES string of the molecule is Cc1ccc(C(Br)C2CCOC2)cc1. The van der Waals surface area contributed by atoms with Gasteiger partial charge in [0, 0.05) is 17.4 Å². The maximum absolute atomic E-state index is 5.39. The van der Waals surface area contributed by atoms with Crippen molar-refractivity contribution in [3.05, 3.63) is 35.4 Å². The molecule has 2 rings (SSSR count). The summed E-state index contributed by atoms with van der Waals surface area (Å²) < 4.78 is 5.39. The van der Waals surface area contributed by atoms with Crippen molar-refractivity contribution in [2.45, 2.75) is 18.2 Å². The molecule has 76 valence electrons. The number of rotatable bonds is 2. The first-order chi connectivity index (χ1) is 6.77. The minimum Gasteiger partial charge on any atom is -0.381 e.